The van der Waals surface area contributed by atoms with Crippen LogP contribution in [-0.4, -0.2) is 16.2 Å². The average Bonchev–Trinajstić information content (AvgIpc) is 3.11. The van der Waals surface area contributed by atoms with Crippen LogP contribution in [0.15, 0.2) is 48.5 Å². The van der Waals surface area contributed by atoms with Crippen LogP contribution in [0.25, 0.3) is 0 Å². The van der Waals surface area contributed by atoms with E-state index in [2.05, 4.69) is 32.0 Å². The maximum Gasteiger partial charge on any atom is 0.335 e. The van der Waals surface area contributed by atoms with Crippen LogP contribution >= 0.6 is 0 Å². The average molecular weight is 768 g/mol. The lowest BCUT2D eigenvalue weighted by atomic mass is 9.39. The summed E-state index contributed by atoms with van der Waals surface area (Å²) < 4.78 is 14.6. The van der Waals surface area contributed by atoms with Crippen molar-refractivity contribution in [1.82, 2.24) is 0 Å². The Morgan fingerprint density at radius 2 is 1.05 bits per heavy atom. The Morgan fingerprint density at radius 3 is 1.53 bits per heavy atom. The van der Waals surface area contributed by atoms with E-state index in [1.165, 1.54) is 107 Å². The number of carboxylic acid groups (broad SMARTS) is 1. The van der Waals surface area contributed by atoms with Gasteiger partial charge in [0, 0.05) is 28.2 Å². The second kappa shape index (κ2) is 11.7. The van der Waals surface area contributed by atoms with E-state index >= 15 is 0 Å². The van der Waals surface area contributed by atoms with E-state index < -0.39 is 5.97 Å². The van der Waals surface area contributed by atoms with Crippen LogP contribution in [-0.2, 0) is 16.2 Å². The molecular weight excluding hydrogens is 707 g/mol. The van der Waals surface area contributed by atoms with Crippen LogP contribution in [0.1, 0.15) is 156 Å². The molecule has 0 heterocycles. The molecule has 15 rings (SSSR count). The number of hydrogen-bond donors (Lipinski definition) is 3. The Balaban J connectivity index is 1.05. The summed E-state index contributed by atoms with van der Waals surface area (Å²) in [4.78, 5) is 11.8. The van der Waals surface area contributed by atoms with E-state index in [1.807, 2.05) is 18.2 Å². The fourth-order valence-electron chi connectivity index (χ4n) is 18.3. The normalized spacial score (nSPS) is 42.8. The quantitative estimate of drug-likeness (QED) is 0.156. The molecule has 12 aliphatic rings. The fraction of sp³-hybridized carbons (Fsp3) is 0.627. The highest BCUT2D eigenvalue weighted by Gasteiger charge is 2.62. The molecule has 2 atom stereocenters. The summed E-state index contributed by atoms with van der Waals surface area (Å²) in [6.45, 7) is 4.99. The lowest BCUT2D eigenvalue weighted by molar-refractivity contribution is -0.110. The summed E-state index contributed by atoms with van der Waals surface area (Å²) in [7, 11) is 0. The van der Waals surface area contributed by atoms with Crippen molar-refractivity contribution in [3.8, 4) is 28.7 Å². The minimum absolute atomic E-state index is 0.0699. The first-order chi connectivity index (χ1) is 27.3. The predicted molar refractivity (Wildman–Crippen MR) is 221 cm³/mol. The highest BCUT2D eigenvalue weighted by atomic mass is 16.5. The maximum absolute atomic E-state index is 12.2. The number of carbonyl (C=O) groups is 1. The molecule has 0 aromatic heterocycles. The summed E-state index contributed by atoms with van der Waals surface area (Å²) in [6.07, 6.45) is 22.6. The number of phenolic OH excluding ortho intramolecular Hbond substituents is 1. The van der Waals surface area contributed by atoms with Crippen molar-refractivity contribution in [3.63, 3.8) is 0 Å². The van der Waals surface area contributed by atoms with E-state index in [-0.39, 0.29) is 38.4 Å². The van der Waals surface area contributed by atoms with Gasteiger partial charge in [-0.3, -0.25) is 0 Å². The van der Waals surface area contributed by atoms with Gasteiger partial charge in [-0.05, 0) is 221 Å². The Kier molecular flexibility index (Phi) is 7.27. The van der Waals surface area contributed by atoms with Crippen LogP contribution in [0, 0.1) is 52.3 Å². The minimum atomic E-state index is -0.934. The molecule has 300 valence electrons. The lowest BCUT2D eigenvalue weighted by Crippen LogP contribution is -2.56. The largest absolute Gasteiger partial charge is 0.505 e. The molecule has 0 radical (unpaired) electrons. The van der Waals surface area contributed by atoms with Gasteiger partial charge in [0.15, 0.2) is 0 Å². The number of hydrogen-bond acceptors (Lipinski definition) is 5. The molecule has 6 heteroatoms. The Hall–Kier alpha value is -3.67. The number of nitrogens with two attached hydrogens (primary N) is 1. The molecule has 6 nitrogen and oxygen atoms in total. The van der Waals surface area contributed by atoms with Crippen LogP contribution < -0.4 is 15.2 Å². The number of nitrogen functional groups attached to an aromatic ring is 1. The van der Waals surface area contributed by atoms with Gasteiger partial charge < -0.3 is 25.4 Å². The summed E-state index contributed by atoms with van der Waals surface area (Å²) >= 11 is 0. The van der Waals surface area contributed by atoms with Gasteiger partial charge in [0.05, 0.1) is 11.3 Å². The van der Waals surface area contributed by atoms with Crippen LogP contribution in [0.3, 0.4) is 0 Å². The third-order valence-electron chi connectivity index (χ3n) is 18.2. The molecule has 4 N–H and O–H groups in total. The second-order valence-corrected chi connectivity index (χ2v) is 23.1. The number of phenols is 1. The SMILES string of the molecule is CC12CC3CC(C)(C1)CC(c1c(Oc4cc(Oc5ccc(C(=O)O)cc5)c(C56CC7CC(CC(C7)C5)C6)cc4C45CC6CC(CC(C6)C4)C5)ccc(N)c1O)(C3)C2. The number of rotatable bonds is 8. The number of carboxylic acids is 1. The van der Waals surface area contributed by atoms with Crippen LogP contribution in [0.2, 0.25) is 0 Å². The molecule has 0 saturated heterocycles. The topological polar surface area (TPSA) is 102 Å². The summed E-state index contributed by atoms with van der Waals surface area (Å²) in [5, 5.41) is 21.9. The van der Waals surface area contributed by atoms with Gasteiger partial charge in [-0.1, -0.05) is 13.8 Å². The van der Waals surface area contributed by atoms with Gasteiger partial charge in [0.25, 0.3) is 0 Å². The van der Waals surface area contributed by atoms with E-state index in [0.717, 1.165) is 77.6 Å². The molecule has 57 heavy (non-hydrogen) atoms. The molecule has 0 spiro atoms. The molecule has 3 aromatic carbocycles. The first-order valence-electron chi connectivity index (χ1n) is 22.8. The minimum Gasteiger partial charge on any atom is -0.505 e. The zero-order chi connectivity index (χ0) is 38.7. The van der Waals surface area contributed by atoms with Crippen molar-refractivity contribution in [2.24, 2.45) is 52.3 Å². The van der Waals surface area contributed by atoms with Crippen molar-refractivity contribution in [2.45, 2.75) is 146 Å². The first kappa shape index (κ1) is 35.3. The zero-order valence-corrected chi connectivity index (χ0v) is 34.1. The molecule has 3 aromatic rings. The molecule has 12 bridgehead atoms. The van der Waals surface area contributed by atoms with Crippen molar-refractivity contribution < 1.29 is 24.5 Å². The van der Waals surface area contributed by atoms with Crippen molar-refractivity contribution in [2.75, 3.05) is 5.73 Å². The van der Waals surface area contributed by atoms with Gasteiger partial charge in [-0.15, -0.1) is 0 Å². The fourth-order valence-corrected chi connectivity index (χ4v) is 18.3. The number of aromatic hydroxyl groups is 1. The first-order valence-corrected chi connectivity index (χ1v) is 22.8. The molecule has 0 amide bonds. The zero-order valence-electron chi connectivity index (χ0n) is 34.1. The second-order valence-electron chi connectivity index (χ2n) is 23.1. The Labute approximate surface area is 338 Å². The number of benzene rings is 3. The van der Waals surface area contributed by atoms with Crippen molar-refractivity contribution >= 4 is 11.7 Å². The third-order valence-corrected chi connectivity index (χ3v) is 18.2. The van der Waals surface area contributed by atoms with E-state index in [4.69, 9.17) is 15.2 Å². The van der Waals surface area contributed by atoms with Crippen molar-refractivity contribution in [3.05, 3.63) is 70.8 Å². The van der Waals surface area contributed by atoms with E-state index in [9.17, 15) is 15.0 Å². The van der Waals surface area contributed by atoms with Gasteiger partial charge in [0.1, 0.15) is 28.7 Å². The van der Waals surface area contributed by atoms with Gasteiger partial charge >= 0.3 is 5.97 Å². The maximum atomic E-state index is 12.2. The standard InChI is InChI=1S/C51H61NO5/c1-47-17-35-18-48(2,26-47)28-51(25-35,27-47)44-41(8-7-40(52)45(44)53)57-43-16-42(56-37-5-3-36(4-6-37)46(54)55)38(49-19-29-9-30(20-49)11-31(10-29)21-49)15-39(43)50-22-32-12-33(23-50)14-34(13-32)24-50/h3-8,15-16,29-35,53H,9-14,17-28,52H2,1-2H3,(H,54,55). The Bertz CT molecular complexity index is 2100. The summed E-state index contributed by atoms with van der Waals surface area (Å²) in [5.74, 6) is 7.78. The van der Waals surface area contributed by atoms with E-state index in [1.54, 1.807) is 12.1 Å². The Morgan fingerprint density at radius 1 is 0.579 bits per heavy atom. The molecule has 12 saturated carbocycles. The molecule has 0 aliphatic heterocycles. The third kappa shape index (κ3) is 5.42. The number of anilines is 1. The number of aromatic carboxylic acids is 1. The highest BCUT2D eigenvalue weighted by molar-refractivity contribution is 5.87. The lowest BCUT2D eigenvalue weighted by Gasteiger charge is -2.65. The van der Waals surface area contributed by atoms with Gasteiger partial charge in [0.2, 0.25) is 0 Å². The molecule has 12 fully saturated rings. The molecule has 2 unspecified atom stereocenters. The van der Waals surface area contributed by atoms with Gasteiger partial charge in [-0.2, -0.15) is 0 Å². The highest BCUT2D eigenvalue weighted by Crippen LogP contribution is 2.72. The van der Waals surface area contributed by atoms with Crippen LogP contribution in [0.4, 0.5) is 5.69 Å². The summed E-state index contributed by atoms with van der Waals surface area (Å²) in [6, 6.07) is 15.7. The van der Waals surface area contributed by atoms with E-state index in [0.29, 0.717) is 17.4 Å². The molecule has 12 aliphatic carbocycles. The smallest absolute Gasteiger partial charge is 0.335 e. The van der Waals surface area contributed by atoms with Crippen LogP contribution in [0.5, 0.6) is 28.7 Å². The van der Waals surface area contributed by atoms with Gasteiger partial charge in [-0.25, -0.2) is 4.79 Å². The monoisotopic (exact) mass is 767 g/mol. The van der Waals surface area contributed by atoms with Crippen molar-refractivity contribution in [1.29, 1.82) is 0 Å². The summed E-state index contributed by atoms with van der Waals surface area (Å²) in [5.41, 5.74) is 11.5. The predicted octanol–water partition coefficient (Wildman–Crippen LogP) is 12.4. The molecular formula is C51H61NO5. The number of ether oxygens (including phenoxy) is 2.